The second kappa shape index (κ2) is 20.5. The molecule has 13 rings (SSSR count). The minimum Gasteiger partial charge on any atom is -0.489 e. The number of ether oxygens (including phenoxy) is 2. The van der Waals surface area contributed by atoms with Gasteiger partial charge in [-0.1, -0.05) is 202 Å². The van der Waals surface area contributed by atoms with Crippen LogP contribution in [0.4, 0.5) is 39.8 Å². The lowest BCUT2D eigenvalue weighted by Crippen LogP contribution is -2.57. The van der Waals surface area contributed by atoms with Crippen molar-refractivity contribution in [2.24, 2.45) is 0 Å². The number of hydrogen-bond donors (Lipinski definition) is 0. The second-order valence-electron chi connectivity index (χ2n) is 26.0. The zero-order valence-electron chi connectivity index (χ0n) is 49.3. The molecule has 0 saturated carbocycles. The standard InChI is InChI=1S/C76H74BN3O2/c1-50-43-68-71-69(44-50)80(66-39-35-58(76(8,9)10)48-63(66)53-21-14-11-15-22-53)72-65(38-40-70-73(72)82-42-20-41-81-70)77(71)64-37-36-61(78(59-23-16-12-17-24-59)60-25-18-13-19-26-60)49-67(64)79(68)62-46-54(51-27-31-56(32-28-51)74(2,3)4)45-55(47-62)52-29-33-57(34-30-52)75(5,6)7/h11-19,21-40,43-48,61H,20,41-42,49H2,1-10H3. The van der Waals surface area contributed by atoms with E-state index in [0.29, 0.717) is 13.2 Å². The highest BCUT2D eigenvalue weighted by Crippen LogP contribution is 2.54. The first-order valence-electron chi connectivity index (χ1n) is 29.5. The molecular formula is C76H74BN3O2. The molecule has 408 valence electrons. The van der Waals surface area contributed by atoms with Crippen LogP contribution in [-0.2, 0) is 16.2 Å². The maximum Gasteiger partial charge on any atom is 0.251 e. The molecule has 1 aliphatic carbocycles. The number of hydrogen-bond acceptors (Lipinski definition) is 5. The monoisotopic (exact) mass is 1070 g/mol. The third kappa shape index (κ3) is 9.60. The summed E-state index contributed by atoms with van der Waals surface area (Å²) in [6.45, 7) is 24.0. The normalized spacial score (nSPS) is 15.6. The van der Waals surface area contributed by atoms with Crippen molar-refractivity contribution in [3.8, 4) is 44.9 Å². The number of rotatable bonds is 8. The van der Waals surface area contributed by atoms with E-state index in [1.165, 1.54) is 77.9 Å². The number of nitrogens with zero attached hydrogens (tertiary/aromatic N) is 3. The van der Waals surface area contributed by atoms with Crippen molar-refractivity contribution < 1.29 is 9.47 Å². The zero-order valence-corrected chi connectivity index (χ0v) is 49.3. The fraction of sp³-hybridized carbons (Fsp3) is 0.237. The molecule has 0 radical (unpaired) electrons. The van der Waals surface area contributed by atoms with Gasteiger partial charge < -0.3 is 24.2 Å². The van der Waals surface area contributed by atoms with E-state index in [9.17, 15) is 0 Å². The number of allylic oxidation sites excluding steroid dienone is 2. The molecule has 0 aromatic heterocycles. The molecule has 1 unspecified atom stereocenters. The van der Waals surface area contributed by atoms with Crippen molar-refractivity contribution >= 4 is 57.5 Å². The summed E-state index contributed by atoms with van der Waals surface area (Å²) in [5.74, 6) is 1.59. The van der Waals surface area contributed by atoms with Gasteiger partial charge >= 0.3 is 0 Å². The summed E-state index contributed by atoms with van der Waals surface area (Å²) in [5, 5.41) is 0. The maximum atomic E-state index is 7.03. The molecule has 1 atom stereocenters. The molecule has 0 bridgehead atoms. The van der Waals surface area contributed by atoms with E-state index in [4.69, 9.17) is 9.47 Å². The largest absolute Gasteiger partial charge is 0.489 e. The van der Waals surface area contributed by atoms with Gasteiger partial charge in [0, 0.05) is 52.5 Å². The van der Waals surface area contributed by atoms with Gasteiger partial charge in [-0.15, -0.1) is 0 Å². The molecule has 0 spiro atoms. The van der Waals surface area contributed by atoms with E-state index >= 15 is 0 Å². The quantitative estimate of drug-likeness (QED) is 0.141. The van der Waals surface area contributed by atoms with Crippen LogP contribution < -0.4 is 35.1 Å². The van der Waals surface area contributed by atoms with E-state index in [1.807, 2.05) is 0 Å². The van der Waals surface area contributed by atoms with Crippen LogP contribution in [0.2, 0.25) is 0 Å². The smallest absolute Gasteiger partial charge is 0.251 e. The Hall–Kier alpha value is -8.48. The SMILES string of the molecule is Cc1cc2c3c(c1)N(c1ccc(C(C)(C)C)cc1-c1ccccc1)c1c(ccc4c1OCCCO4)B3C1=C(CC(N(c3ccccc3)c3ccccc3)C=C1)N2c1cc(-c2ccc(C(C)(C)C)cc2)cc(-c2ccc(C(C)(C)C)cc2)c1. The Labute approximate surface area is 487 Å². The summed E-state index contributed by atoms with van der Waals surface area (Å²) in [6, 6.07) is 75.2. The number of fused-ring (bicyclic) bond motifs is 5. The van der Waals surface area contributed by atoms with Gasteiger partial charge in [-0.3, -0.25) is 0 Å². The summed E-state index contributed by atoms with van der Waals surface area (Å²) in [7, 11) is 0. The van der Waals surface area contributed by atoms with Crippen molar-refractivity contribution in [3.05, 3.63) is 246 Å². The van der Waals surface area contributed by atoms with Gasteiger partial charge in [-0.05, 0) is 162 Å². The molecular weight excluding hydrogens is 998 g/mol. The molecule has 6 heteroatoms. The molecule has 82 heavy (non-hydrogen) atoms. The van der Waals surface area contributed by atoms with E-state index in [1.54, 1.807) is 0 Å². The topological polar surface area (TPSA) is 28.2 Å². The van der Waals surface area contributed by atoms with Gasteiger partial charge in [-0.25, -0.2) is 0 Å². The first kappa shape index (κ1) is 52.9. The van der Waals surface area contributed by atoms with E-state index in [2.05, 4.69) is 296 Å². The molecule has 5 nitrogen and oxygen atoms in total. The van der Waals surface area contributed by atoms with Crippen LogP contribution in [0.5, 0.6) is 11.5 Å². The van der Waals surface area contributed by atoms with Gasteiger partial charge in [0.25, 0.3) is 6.71 Å². The van der Waals surface area contributed by atoms with E-state index in [-0.39, 0.29) is 29.0 Å². The molecule has 9 aromatic rings. The maximum absolute atomic E-state index is 7.03. The number of anilines is 7. The molecule has 0 saturated heterocycles. The van der Waals surface area contributed by atoms with Crippen LogP contribution in [0.25, 0.3) is 33.4 Å². The van der Waals surface area contributed by atoms with Gasteiger partial charge in [0.15, 0.2) is 11.5 Å². The summed E-state index contributed by atoms with van der Waals surface area (Å²) in [4.78, 5) is 7.73. The Morgan fingerprint density at radius 2 is 1.02 bits per heavy atom. The first-order valence-corrected chi connectivity index (χ1v) is 29.5. The molecule has 9 aromatic carbocycles. The second-order valence-corrected chi connectivity index (χ2v) is 26.0. The highest BCUT2D eigenvalue weighted by molar-refractivity contribution is 6.95. The fourth-order valence-corrected chi connectivity index (χ4v) is 12.9. The average Bonchev–Trinajstić information content (AvgIpc) is 3.83. The molecule has 4 aliphatic rings. The van der Waals surface area contributed by atoms with Crippen LogP contribution in [0.1, 0.15) is 97.4 Å². The van der Waals surface area contributed by atoms with Crippen molar-refractivity contribution in [3.63, 3.8) is 0 Å². The van der Waals surface area contributed by atoms with Gasteiger partial charge in [0.2, 0.25) is 0 Å². The van der Waals surface area contributed by atoms with Crippen molar-refractivity contribution in [2.45, 2.75) is 104 Å². The summed E-state index contributed by atoms with van der Waals surface area (Å²) in [5.41, 5.74) is 25.1. The predicted octanol–water partition coefficient (Wildman–Crippen LogP) is 18.6. The molecule has 0 amide bonds. The van der Waals surface area contributed by atoms with Crippen LogP contribution in [0, 0.1) is 6.92 Å². The number of aryl methyl sites for hydroxylation is 1. The fourth-order valence-electron chi connectivity index (χ4n) is 12.9. The Morgan fingerprint density at radius 1 is 0.488 bits per heavy atom. The number of benzene rings is 9. The van der Waals surface area contributed by atoms with Crippen molar-refractivity contribution in [2.75, 3.05) is 27.9 Å². The third-order valence-electron chi connectivity index (χ3n) is 17.3. The Kier molecular flexibility index (Phi) is 13.2. The lowest BCUT2D eigenvalue weighted by molar-refractivity contribution is 0.297. The molecule has 0 N–H and O–H groups in total. The van der Waals surface area contributed by atoms with E-state index < -0.39 is 0 Å². The number of para-hydroxylation sites is 2. The van der Waals surface area contributed by atoms with Crippen LogP contribution in [-0.4, -0.2) is 26.0 Å². The zero-order chi connectivity index (χ0) is 56.7. The summed E-state index contributed by atoms with van der Waals surface area (Å²) in [6.07, 6.45) is 6.49. The lowest BCUT2D eigenvalue weighted by atomic mass is 9.32. The van der Waals surface area contributed by atoms with Crippen LogP contribution in [0.15, 0.2) is 224 Å². The summed E-state index contributed by atoms with van der Waals surface area (Å²) >= 11 is 0. The summed E-state index contributed by atoms with van der Waals surface area (Å²) < 4.78 is 13.7. The predicted molar refractivity (Wildman–Crippen MR) is 347 cm³/mol. The Morgan fingerprint density at radius 3 is 1.60 bits per heavy atom. The Balaban J connectivity index is 1.11. The highest BCUT2D eigenvalue weighted by atomic mass is 16.5. The van der Waals surface area contributed by atoms with Crippen molar-refractivity contribution in [1.82, 2.24) is 0 Å². The minimum absolute atomic E-state index is 0.0208. The van der Waals surface area contributed by atoms with Crippen LogP contribution in [0.3, 0.4) is 0 Å². The van der Waals surface area contributed by atoms with Gasteiger partial charge in [0.05, 0.1) is 30.6 Å². The lowest BCUT2D eigenvalue weighted by Gasteiger charge is -2.48. The molecule has 3 aliphatic heterocycles. The van der Waals surface area contributed by atoms with E-state index in [0.717, 1.165) is 64.0 Å². The minimum atomic E-state index is -0.133. The molecule has 3 heterocycles. The van der Waals surface area contributed by atoms with Gasteiger partial charge in [0.1, 0.15) is 0 Å². The van der Waals surface area contributed by atoms with Crippen molar-refractivity contribution in [1.29, 1.82) is 0 Å². The first-order chi connectivity index (χ1) is 39.5. The third-order valence-corrected chi connectivity index (χ3v) is 17.3. The average molecular weight is 1070 g/mol. The highest BCUT2D eigenvalue weighted by Gasteiger charge is 2.48. The van der Waals surface area contributed by atoms with Gasteiger partial charge in [-0.2, -0.15) is 0 Å². The van der Waals surface area contributed by atoms with Crippen LogP contribution >= 0.6 is 0 Å². The molecule has 0 fully saturated rings. The Bertz CT molecular complexity index is 3820.